The third-order valence-corrected chi connectivity index (χ3v) is 3.91. The van der Waals surface area contributed by atoms with Crippen molar-refractivity contribution < 1.29 is 4.39 Å². The van der Waals surface area contributed by atoms with E-state index in [1.54, 1.807) is 16.9 Å². The molecular weight excluding hydrogens is 314 g/mol. The van der Waals surface area contributed by atoms with Crippen molar-refractivity contribution in [3.05, 3.63) is 46.8 Å². The topological polar surface area (TPSA) is 35.6 Å². The first kappa shape index (κ1) is 14.4. The van der Waals surface area contributed by atoms with Crippen molar-refractivity contribution >= 4 is 34.2 Å². The van der Waals surface area contributed by atoms with E-state index in [-0.39, 0.29) is 5.02 Å². The van der Waals surface area contributed by atoms with Gasteiger partial charge < -0.3 is 4.57 Å². The zero-order valence-corrected chi connectivity index (χ0v) is 12.9. The molecule has 0 saturated heterocycles. The predicted molar refractivity (Wildman–Crippen MR) is 81.4 cm³/mol. The van der Waals surface area contributed by atoms with Gasteiger partial charge in [-0.3, -0.25) is 4.68 Å². The van der Waals surface area contributed by atoms with Gasteiger partial charge in [-0.25, -0.2) is 9.37 Å². The van der Waals surface area contributed by atoms with Crippen LogP contribution in [0.1, 0.15) is 11.5 Å². The van der Waals surface area contributed by atoms with E-state index in [0.29, 0.717) is 24.4 Å². The number of benzene rings is 1. The van der Waals surface area contributed by atoms with E-state index >= 15 is 0 Å². The number of alkyl halides is 1. The van der Waals surface area contributed by atoms with E-state index in [1.165, 1.54) is 6.07 Å². The standard InChI is InChI=1S/C14H13Cl2FN4/c1-20-9(3-5-18-20)8-21-13-6-10(16)11(17)7-12(13)19-14(21)2-4-15/h3,5-7H,2,4,8H2,1H3. The van der Waals surface area contributed by atoms with Gasteiger partial charge in [-0.2, -0.15) is 5.10 Å². The minimum Gasteiger partial charge on any atom is -0.322 e. The molecule has 0 radical (unpaired) electrons. The Morgan fingerprint density at radius 2 is 2.14 bits per heavy atom. The van der Waals surface area contributed by atoms with Gasteiger partial charge >= 0.3 is 0 Å². The van der Waals surface area contributed by atoms with Crippen molar-refractivity contribution in [2.45, 2.75) is 13.0 Å². The average molecular weight is 327 g/mol. The van der Waals surface area contributed by atoms with E-state index in [4.69, 9.17) is 23.2 Å². The van der Waals surface area contributed by atoms with E-state index in [9.17, 15) is 4.39 Å². The Kier molecular flexibility index (Phi) is 3.87. The largest absolute Gasteiger partial charge is 0.322 e. The molecule has 0 unspecified atom stereocenters. The van der Waals surface area contributed by atoms with E-state index in [1.807, 2.05) is 17.7 Å². The molecule has 0 aliphatic carbocycles. The lowest BCUT2D eigenvalue weighted by molar-refractivity contribution is 0.629. The molecule has 3 aromatic rings. The molecule has 7 heteroatoms. The molecule has 4 nitrogen and oxygen atoms in total. The lowest BCUT2D eigenvalue weighted by Crippen LogP contribution is -2.09. The maximum Gasteiger partial charge on any atom is 0.144 e. The highest BCUT2D eigenvalue weighted by molar-refractivity contribution is 6.31. The van der Waals surface area contributed by atoms with Gasteiger partial charge in [0.2, 0.25) is 0 Å². The van der Waals surface area contributed by atoms with Crippen LogP contribution >= 0.6 is 23.2 Å². The zero-order chi connectivity index (χ0) is 15.0. The molecule has 2 aromatic heterocycles. The molecule has 1 aromatic carbocycles. The Balaban J connectivity index is 2.15. The lowest BCUT2D eigenvalue weighted by Gasteiger charge is -2.09. The van der Waals surface area contributed by atoms with Crippen molar-refractivity contribution in [1.29, 1.82) is 0 Å². The Morgan fingerprint density at radius 3 is 2.81 bits per heavy atom. The number of nitrogens with zero attached hydrogens (tertiary/aromatic N) is 4. The number of hydrogen-bond donors (Lipinski definition) is 0. The fourth-order valence-electron chi connectivity index (χ4n) is 2.34. The molecule has 0 N–H and O–H groups in total. The maximum absolute atomic E-state index is 13.6. The van der Waals surface area contributed by atoms with E-state index in [0.717, 1.165) is 17.0 Å². The normalized spacial score (nSPS) is 11.4. The van der Waals surface area contributed by atoms with Crippen LogP contribution in [0.15, 0.2) is 24.4 Å². The van der Waals surface area contributed by atoms with Crippen molar-refractivity contribution in [3.63, 3.8) is 0 Å². The number of aromatic nitrogens is 4. The van der Waals surface area contributed by atoms with Crippen LogP contribution in [0, 0.1) is 5.82 Å². The monoisotopic (exact) mass is 326 g/mol. The number of fused-ring (bicyclic) bond motifs is 1. The maximum atomic E-state index is 13.6. The summed E-state index contributed by atoms with van der Waals surface area (Å²) in [4.78, 5) is 4.46. The van der Waals surface area contributed by atoms with Gasteiger partial charge in [0.05, 0.1) is 28.3 Å². The van der Waals surface area contributed by atoms with Crippen LogP contribution in [-0.2, 0) is 20.0 Å². The third kappa shape index (κ3) is 2.63. The molecule has 0 aliphatic heterocycles. The van der Waals surface area contributed by atoms with Crippen LogP contribution in [0.5, 0.6) is 0 Å². The fourth-order valence-corrected chi connectivity index (χ4v) is 2.67. The van der Waals surface area contributed by atoms with Crippen LogP contribution in [0.25, 0.3) is 11.0 Å². The zero-order valence-electron chi connectivity index (χ0n) is 11.4. The highest BCUT2D eigenvalue weighted by atomic mass is 35.5. The second-order valence-corrected chi connectivity index (χ2v) is 5.54. The fraction of sp³-hybridized carbons (Fsp3) is 0.286. The number of imidazole rings is 1. The predicted octanol–water partition coefficient (Wildman–Crippen LogP) is 3.39. The molecule has 2 heterocycles. The summed E-state index contributed by atoms with van der Waals surface area (Å²) in [5, 5.41) is 4.24. The van der Waals surface area contributed by atoms with Crippen molar-refractivity contribution in [2.24, 2.45) is 7.05 Å². The van der Waals surface area contributed by atoms with Crippen LogP contribution in [0.4, 0.5) is 4.39 Å². The molecule has 0 bridgehead atoms. The number of rotatable bonds is 4. The van der Waals surface area contributed by atoms with E-state index in [2.05, 4.69) is 10.1 Å². The Labute approximate surface area is 131 Å². The second kappa shape index (κ2) is 5.66. The number of aryl methyl sites for hydroxylation is 2. The quantitative estimate of drug-likeness (QED) is 0.689. The van der Waals surface area contributed by atoms with Crippen LogP contribution in [0.3, 0.4) is 0 Å². The molecule has 0 fully saturated rings. The summed E-state index contributed by atoms with van der Waals surface area (Å²) in [5.74, 6) is 0.792. The van der Waals surface area contributed by atoms with E-state index < -0.39 is 5.82 Å². The first-order chi connectivity index (χ1) is 10.1. The Morgan fingerprint density at radius 1 is 1.33 bits per heavy atom. The second-order valence-electron chi connectivity index (χ2n) is 4.75. The van der Waals surface area contributed by atoms with Crippen molar-refractivity contribution in [3.8, 4) is 0 Å². The third-order valence-electron chi connectivity index (χ3n) is 3.43. The van der Waals surface area contributed by atoms with Gasteiger partial charge in [0.15, 0.2) is 0 Å². The van der Waals surface area contributed by atoms with Gasteiger partial charge in [0.25, 0.3) is 0 Å². The molecule has 3 rings (SSSR count). The van der Waals surface area contributed by atoms with Gasteiger partial charge in [0, 0.05) is 31.6 Å². The van der Waals surface area contributed by atoms with Crippen LogP contribution in [-0.4, -0.2) is 25.2 Å². The van der Waals surface area contributed by atoms with Gasteiger partial charge in [-0.1, -0.05) is 11.6 Å². The molecule has 0 aliphatic rings. The lowest BCUT2D eigenvalue weighted by atomic mass is 10.3. The minimum absolute atomic E-state index is 0.0890. The summed E-state index contributed by atoms with van der Waals surface area (Å²) in [6.07, 6.45) is 2.34. The molecular formula is C14H13Cl2FN4. The van der Waals surface area contributed by atoms with Gasteiger partial charge in [0.1, 0.15) is 11.6 Å². The molecule has 0 amide bonds. The smallest absolute Gasteiger partial charge is 0.144 e. The van der Waals surface area contributed by atoms with Crippen molar-refractivity contribution in [2.75, 3.05) is 5.88 Å². The Hall–Kier alpha value is -1.59. The summed E-state index contributed by atoms with van der Waals surface area (Å²) >= 11 is 11.7. The summed E-state index contributed by atoms with van der Waals surface area (Å²) < 4.78 is 17.4. The minimum atomic E-state index is -0.466. The molecule has 0 atom stereocenters. The highest BCUT2D eigenvalue weighted by Gasteiger charge is 2.14. The summed E-state index contributed by atoms with van der Waals surface area (Å²) in [7, 11) is 1.88. The summed E-state index contributed by atoms with van der Waals surface area (Å²) in [5.41, 5.74) is 2.40. The molecule has 21 heavy (non-hydrogen) atoms. The van der Waals surface area contributed by atoms with Gasteiger partial charge in [-0.05, 0) is 12.1 Å². The summed E-state index contributed by atoms with van der Waals surface area (Å²) in [6.45, 7) is 0.585. The number of hydrogen-bond acceptors (Lipinski definition) is 2. The van der Waals surface area contributed by atoms with Crippen LogP contribution in [0.2, 0.25) is 5.02 Å². The molecule has 0 spiro atoms. The number of halogens is 3. The molecule has 110 valence electrons. The van der Waals surface area contributed by atoms with Crippen molar-refractivity contribution in [1.82, 2.24) is 19.3 Å². The van der Waals surface area contributed by atoms with Crippen LogP contribution < -0.4 is 0 Å². The SMILES string of the molecule is Cn1nccc1Cn1c(CCCl)nc2cc(F)c(Cl)cc21. The summed E-state index contributed by atoms with van der Waals surface area (Å²) in [6, 6.07) is 4.89. The average Bonchev–Trinajstić information content (AvgIpc) is 2.98. The van der Waals surface area contributed by atoms with Gasteiger partial charge in [-0.15, -0.1) is 11.6 Å². The molecule has 0 saturated carbocycles. The first-order valence-electron chi connectivity index (χ1n) is 6.47. The Bertz CT molecular complexity index is 794. The highest BCUT2D eigenvalue weighted by Crippen LogP contribution is 2.25. The first-order valence-corrected chi connectivity index (χ1v) is 7.38.